The monoisotopic (exact) mass is 378 g/mol. The second-order valence-corrected chi connectivity index (χ2v) is 7.29. The Balaban J connectivity index is 1.75. The Hall–Kier alpha value is -3.22. The molecule has 0 atom stereocenters. The molecule has 1 saturated carbocycles. The minimum atomic E-state index is -0.491. The van der Waals surface area contributed by atoms with Crippen LogP contribution in [0.4, 0.5) is 0 Å². The third-order valence-electron chi connectivity index (χ3n) is 5.45. The smallest absolute Gasteiger partial charge is 0.263 e. The van der Waals surface area contributed by atoms with E-state index < -0.39 is 11.5 Å². The molecule has 1 aliphatic carbocycles. The fourth-order valence-electron chi connectivity index (χ4n) is 3.62. The number of carbonyl (C=O) groups excluding carboxylic acids is 2. The largest absolute Gasteiger partial charge is 0.355 e. The summed E-state index contributed by atoms with van der Waals surface area (Å²) in [5.74, 6) is -0.106. The minimum absolute atomic E-state index is 0.0174. The maximum absolute atomic E-state index is 12.9. The molecule has 1 aromatic carbocycles. The van der Waals surface area contributed by atoms with E-state index >= 15 is 0 Å². The maximum atomic E-state index is 12.9. The van der Waals surface area contributed by atoms with Crippen LogP contribution in [-0.2, 0) is 6.54 Å². The van der Waals surface area contributed by atoms with E-state index in [9.17, 15) is 14.4 Å². The van der Waals surface area contributed by atoms with Gasteiger partial charge in [-0.3, -0.25) is 14.4 Å². The van der Waals surface area contributed by atoms with Gasteiger partial charge in [0.15, 0.2) is 5.78 Å². The van der Waals surface area contributed by atoms with Gasteiger partial charge in [-0.05, 0) is 23.6 Å². The molecule has 0 aliphatic heterocycles. The molecule has 7 heteroatoms. The zero-order valence-corrected chi connectivity index (χ0v) is 15.7. The predicted molar refractivity (Wildman–Crippen MR) is 106 cm³/mol. The zero-order valence-electron chi connectivity index (χ0n) is 15.7. The molecule has 2 aromatic heterocycles. The Morgan fingerprint density at radius 2 is 2.14 bits per heavy atom. The predicted octanol–water partition coefficient (Wildman–Crippen LogP) is 2.51. The third kappa shape index (κ3) is 3.35. The highest BCUT2D eigenvalue weighted by molar-refractivity contribution is 6.00. The summed E-state index contributed by atoms with van der Waals surface area (Å²) in [6.07, 6.45) is 6.92. The number of imidazole rings is 1. The average Bonchev–Trinajstić information content (AvgIpc) is 3.15. The number of nitrogens with one attached hydrogen (secondary N) is 2. The second kappa shape index (κ2) is 7.42. The van der Waals surface area contributed by atoms with Crippen molar-refractivity contribution in [3.05, 3.63) is 63.8 Å². The Morgan fingerprint density at radius 3 is 2.86 bits per heavy atom. The Morgan fingerprint density at radius 1 is 1.32 bits per heavy atom. The first kappa shape index (κ1) is 18.2. The van der Waals surface area contributed by atoms with Gasteiger partial charge in [-0.25, -0.2) is 4.98 Å². The van der Waals surface area contributed by atoms with Crippen molar-refractivity contribution in [2.45, 2.75) is 32.2 Å². The zero-order chi connectivity index (χ0) is 19.7. The van der Waals surface area contributed by atoms with E-state index in [1.165, 1.54) is 17.7 Å². The van der Waals surface area contributed by atoms with Gasteiger partial charge in [-0.15, -0.1) is 0 Å². The summed E-state index contributed by atoms with van der Waals surface area (Å²) >= 11 is 0. The highest BCUT2D eigenvalue weighted by Gasteiger charge is 2.23. The normalized spacial score (nSPS) is 14.0. The first-order valence-electron chi connectivity index (χ1n) is 9.47. The summed E-state index contributed by atoms with van der Waals surface area (Å²) < 4.78 is 1.43. The first-order valence-corrected chi connectivity index (χ1v) is 9.47. The lowest BCUT2D eigenvalue weighted by Gasteiger charge is -2.24. The molecule has 7 nitrogen and oxygen atoms in total. The van der Waals surface area contributed by atoms with Crippen molar-refractivity contribution in [3.63, 3.8) is 0 Å². The number of fused-ring (bicyclic) bond motifs is 1. The molecule has 1 fully saturated rings. The van der Waals surface area contributed by atoms with Gasteiger partial charge < -0.3 is 14.9 Å². The Kier molecular flexibility index (Phi) is 4.81. The molecule has 2 heterocycles. The van der Waals surface area contributed by atoms with E-state index in [-0.39, 0.29) is 17.9 Å². The van der Waals surface area contributed by atoms with Crippen molar-refractivity contribution in [1.29, 1.82) is 0 Å². The highest BCUT2D eigenvalue weighted by atomic mass is 16.2. The molecule has 0 bridgehead atoms. The van der Waals surface area contributed by atoms with E-state index in [4.69, 9.17) is 0 Å². The summed E-state index contributed by atoms with van der Waals surface area (Å²) in [6, 6.07) is 7.10. The van der Waals surface area contributed by atoms with Gasteiger partial charge in [0, 0.05) is 25.2 Å². The molecular weight excluding hydrogens is 356 g/mol. The van der Waals surface area contributed by atoms with Crippen molar-refractivity contribution >= 4 is 22.7 Å². The number of Topliss-reactive ketones (excluding diaryl/α,β-unsaturated/α-hetero) is 1. The van der Waals surface area contributed by atoms with Crippen LogP contribution in [0.2, 0.25) is 0 Å². The number of rotatable bonds is 6. The lowest BCUT2D eigenvalue weighted by atomic mass is 9.81. The van der Waals surface area contributed by atoms with E-state index in [0.717, 1.165) is 35.9 Å². The molecule has 0 saturated heterocycles. The molecule has 3 aromatic rings. The number of carbonyl (C=O) groups is 2. The number of H-pyrrole nitrogens is 1. The molecule has 0 unspecified atom stereocenters. The van der Waals surface area contributed by atoms with Gasteiger partial charge in [0.2, 0.25) is 0 Å². The molecule has 144 valence electrons. The van der Waals surface area contributed by atoms with Gasteiger partial charge in [0.25, 0.3) is 11.5 Å². The summed E-state index contributed by atoms with van der Waals surface area (Å²) in [4.78, 5) is 45.2. The van der Waals surface area contributed by atoms with Crippen LogP contribution in [0.1, 0.15) is 52.0 Å². The number of ketones is 1. The average molecular weight is 378 g/mol. The van der Waals surface area contributed by atoms with Crippen LogP contribution in [0.25, 0.3) is 11.0 Å². The molecule has 1 aliphatic rings. The van der Waals surface area contributed by atoms with Gasteiger partial charge in [-0.2, -0.15) is 0 Å². The van der Waals surface area contributed by atoms with Crippen LogP contribution < -0.4 is 10.9 Å². The third-order valence-corrected chi connectivity index (χ3v) is 5.45. The molecule has 0 radical (unpaired) electrons. The van der Waals surface area contributed by atoms with E-state index in [1.54, 1.807) is 12.5 Å². The van der Waals surface area contributed by atoms with Crippen LogP contribution in [0.3, 0.4) is 0 Å². The number of nitrogens with zero attached hydrogens (tertiary/aromatic N) is 2. The number of aromatic amines is 1. The van der Waals surface area contributed by atoms with Gasteiger partial charge in [0.05, 0.1) is 23.9 Å². The van der Waals surface area contributed by atoms with Crippen LogP contribution in [0, 0.1) is 5.92 Å². The fraction of sp³-hybridized carbons (Fsp3) is 0.333. The van der Waals surface area contributed by atoms with Crippen LogP contribution in [-0.4, -0.2) is 33.3 Å². The molecular formula is C21H22N4O3. The standard InChI is InChI=1S/C21H22N4O3/c1-22-20(27)16-9-15(18(26)8-13-4-2-5-13)11-25(21(16)28)10-14-6-3-7-17-19(14)24-12-23-17/h3,6-7,9,11-13H,2,4-5,8,10H2,1H3,(H,22,27)(H,23,24). The van der Waals surface area contributed by atoms with E-state index in [1.807, 2.05) is 18.2 Å². The van der Waals surface area contributed by atoms with Gasteiger partial charge >= 0.3 is 0 Å². The Bertz CT molecular complexity index is 1110. The lowest BCUT2D eigenvalue weighted by Crippen LogP contribution is -2.32. The van der Waals surface area contributed by atoms with Crippen LogP contribution in [0.5, 0.6) is 0 Å². The molecule has 0 spiro atoms. The maximum Gasteiger partial charge on any atom is 0.263 e. The van der Waals surface area contributed by atoms with Crippen LogP contribution in [0.15, 0.2) is 41.6 Å². The number of benzene rings is 1. The first-order chi connectivity index (χ1) is 13.6. The molecule has 2 N–H and O–H groups in total. The summed E-state index contributed by atoms with van der Waals surface area (Å²) in [5, 5.41) is 2.49. The number of hydrogen-bond acceptors (Lipinski definition) is 4. The number of amides is 1. The van der Waals surface area contributed by atoms with Crippen molar-refractivity contribution in [3.8, 4) is 0 Å². The minimum Gasteiger partial charge on any atom is -0.355 e. The van der Waals surface area contributed by atoms with E-state index in [2.05, 4.69) is 15.3 Å². The summed E-state index contributed by atoms with van der Waals surface area (Å²) in [5.41, 5.74) is 2.44. The number of pyridine rings is 1. The second-order valence-electron chi connectivity index (χ2n) is 7.29. The highest BCUT2D eigenvalue weighted by Crippen LogP contribution is 2.30. The molecule has 4 rings (SSSR count). The molecule has 28 heavy (non-hydrogen) atoms. The van der Waals surface area contributed by atoms with Crippen molar-refractivity contribution in [2.75, 3.05) is 7.05 Å². The molecule has 1 amide bonds. The fourth-order valence-corrected chi connectivity index (χ4v) is 3.62. The lowest BCUT2D eigenvalue weighted by molar-refractivity contribution is 0.0935. The topological polar surface area (TPSA) is 96.8 Å². The van der Waals surface area contributed by atoms with E-state index in [0.29, 0.717) is 17.9 Å². The van der Waals surface area contributed by atoms with Crippen molar-refractivity contribution in [2.24, 2.45) is 5.92 Å². The number of hydrogen-bond donors (Lipinski definition) is 2. The van der Waals surface area contributed by atoms with Crippen molar-refractivity contribution in [1.82, 2.24) is 19.9 Å². The summed E-state index contributed by atoms with van der Waals surface area (Å²) in [6.45, 7) is 0.232. The van der Waals surface area contributed by atoms with Gasteiger partial charge in [0.1, 0.15) is 5.56 Å². The Labute approximate surface area is 161 Å². The SMILES string of the molecule is CNC(=O)c1cc(C(=O)CC2CCC2)cn(Cc2cccc3[nH]cnc23)c1=O. The number of para-hydroxylation sites is 1. The quantitative estimate of drug-likeness (QED) is 0.644. The van der Waals surface area contributed by atoms with Gasteiger partial charge in [-0.1, -0.05) is 31.4 Å². The van der Waals surface area contributed by atoms with Crippen molar-refractivity contribution < 1.29 is 9.59 Å². The van der Waals surface area contributed by atoms with Crippen LogP contribution >= 0.6 is 0 Å². The summed E-state index contributed by atoms with van der Waals surface area (Å²) in [7, 11) is 1.47. The number of aromatic nitrogens is 3.